The summed E-state index contributed by atoms with van der Waals surface area (Å²) in [5.74, 6) is 0.400. The Hall–Kier alpha value is -1.40. The highest BCUT2D eigenvalue weighted by Crippen LogP contribution is 2.36. The average molecular weight is 313 g/mol. The van der Waals surface area contributed by atoms with E-state index in [0.717, 1.165) is 5.56 Å². The number of benzene rings is 2. The second-order valence-corrected chi connectivity index (χ2v) is 5.05. The van der Waals surface area contributed by atoms with Gasteiger partial charge in [0.1, 0.15) is 6.61 Å². The second-order valence-electron chi connectivity index (χ2n) is 3.80. The van der Waals surface area contributed by atoms with E-state index < -0.39 is 0 Å². The van der Waals surface area contributed by atoms with Crippen LogP contribution >= 0.6 is 34.8 Å². The maximum Gasteiger partial charge on any atom is 0.157 e. The second kappa shape index (κ2) is 6.16. The van der Waals surface area contributed by atoms with Crippen LogP contribution in [0, 0.1) is 11.3 Å². The minimum Gasteiger partial charge on any atom is -0.486 e. The molecule has 0 spiro atoms. The number of nitriles is 1. The summed E-state index contributed by atoms with van der Waals surface area (Å²) in [5, 5.41) is 9.90. The predicted octanol–water partition coefficient (Wildman–Crippen LogP) is 5.10. The van der Waals surface area contributed by atoms with Gasteiger partial charge >= 0.3 is 0 Å². The molecule has 0 aliphatic carbocycles. The van der Waals surface area contributed by atoms with Gasteiger partial charge in [-0.2, -0.15) is 5.26 Å². The smallest absolute Gasteiger partial charge is 0.157 e. The standard InChI is InChI=1S/C14H8Cl3NO/c15-11-5-12(16)14(13(17)6-11)19-8-10-3-1-9(7-18)2-4-10/h1-6H,8H2. The Bertz CT molecular complexity index is 609. The van der Waals surface area contributed by atoms with Crippen molar-refractivity contribution in [3.05, 3.63) is 62.6 Å². The van der Waals surface area contributed by atoms with E-state index in [2.05, 4.69) is 6.07 Å². The lowest BCUT2D eigenvalue weighted by molar-refractivity contribution is 0.306. The first kappa shape index (κ1) is 14.0. The van der Waals surface area contributed by atoms with Crippen molar-refractivity contribution in [1.82, 2.24) is 0 Å². The third-order valence-corrected chi connectivity index (χ3v) is 3.21. The Morgan fingerprint density at radius 3 is 2.11 bits per heavy atom. The molecule has 0 aliphatic heterocycles. The molecular formula is C14H8Cl3NO. The topological polar surface area (TPSA) is 33.0 Å². The number of rotatable bonds is 3. The van der Waals surface area contributed by atoms with E-state index in [4.69, 9.17) is 44.8 Å². The molecule has 0 aromatic heterocycles. The number of halogens is 3. The minimum atomic E-state index is 0.312. The lowest BCUT2D eigenvalue weighted by atomic mass is 10.2. The van der Waals surface area contributed by atoms with Crippen molar-refractivity contribution in [3.8, 4) is 11.8 Å². The van der Waals surface area contributed by atoms with Crippen molar-refractivity contribution >= 4 is 34.8 Å². The number of nitrogens with zero attached hydrogens (tertiary/aromatic N) is 1. The fourth-order valence-electron chi connectivity index (χ4n) is 1.50. The van der Waals surface area contributed by atoms with Crippen LogP contribution < -0.4 is 4.74 Å². The Balaban J connectivity index is 2.12. The van der Waals surface area contributed by atoms with Crippen LogP contribution in [0.3, 0.4) is 0 Å². The van der Waals surface area contributed by atoms with Crippen LogP contribution in [-0.2, 0) is 6.61 Å². The van der Waals surface area contributed by atoms with Crippen LogP contribution in [0.4, 0.5) is 0 Å². The molecule has 2 nitrogen and oxygen atoms in total. The molecule has 0 bridgehead atoms. The van der Waals surface area contributed by atoms with Crippen molar-refractivity contribution < 1.29 is 4.74 Å². The fourth-order valence-corrected chi connectivity index (χ4v) is 2.42. The molecule has 0 atom stereocenters. The minimum absolute atomic E-state index is 0.312. The summed E-state index contributed by atoms with van der Waals surface area (Å²) in [6.45, 7) is 0.312. The molecule has 5 heteroatoms. The molecule has 2 rings (SSSR count). The molecule has 2 aromatic carbocycles. The largest absolute Gasteiger partial charge is 0.486 e. The third-order valence-electron chi connectivity index (χ3n) is 2.43. The summed E-state index contributed by atoms with van der Waals surface area (Å²) in [5.41, 5.74) is 1.52. The van der Waals surface area contributed by atoms with Crippen LogP contribution in [0.15, 0.2) is 36.4 Å². The van der Waals surface area contributed by atoms with Crippen molar-refractivity contribution in [2.75, 3.05) is 0 Å². The normalized spacial score (nSPS) is 10.0. The van der Waals surface area contributed by atoms with Crippen molar-refractivity contribution in [2.45, 2.75) is 6.61 Å². The van der Waals surface area contributed by atoms with Crippen LogP contribution in [0.1, 0.15) is 11.1 Å². The molecule has 2 aromatic rings. The van der Waals surface area contributed by atoms with E-state index in [-0.39, 0.29) is 0 Å². The Morgan fingerprint density at radius 1 is 1.00 bits per heavy atom. The van der Waals surface area contributed by atoms with E-state index >= 15 is 0 Å². The van der Waals surface area contributed by atoms with Crippen LogP contribution in [0.25, 0.3) is 0 Å². The predicted molar refractivity (Wildman–Crippen MR) is 77.0 cm³/mol. The third kappa shape index (κ3) is 3.54. The molecule has 0 saturated heterocycles. The van der Waals surface area contributed by atoms with Gasteiger partial charge in [-0.1, -0.05) is 46.9 Å². The van der Waals surface area contributed by atoms with Crippen molar-refractivity contribution in [3.63, 3.8) is 0 Å². The van der Waals surface area contributed by atoms with Crippen molar-refractivity contribution in [2.24, 2.45) is 0 Å². The van der Waals surface area contributed by atoms with E-state index in [1.807, 2.05) is 12.1 Å². The van der Waals surface area contributed by atoms with Crippen LogP contribution in [0.2, 0.25) is 15.1 Å². The van der Waals surface area contributed by atoms with E-state index in [9.17, 15) is 0 Å². The SMILES string of the molecule is N#Cc1ccc(COc2c(Cl)cc(Cl)cc2Cl)cc1. The van der Waals surface area contributed by atoms with Crippen molar-refractivity contribution in [1.29, 1.82) is 5.26 Å². The van der Waals surface area contributed by atoms with Gasteiger partial charge in [-0.05, 0) is 29.8 Å². The van der Waals surface area contributed by atoms with Gasteiger partial charge in [-0.3, -0.25) is 0 Å². The van der Waals surface area contributed by atoms with Gasteiger partial charge in [0.05, 0.1) is 21.7 Å². The molecule has 0 amide bonds. The fraction of sp³-hybridized carbons (Fsp3) is 0.0714. The Morgan fingerprint density at radius 2 is 1.58 bits per heavy atom. The maximum absolute atomic E-state index is 8.71. The Kier molecular flexibility index (Phi) is 4.55. The van der Waals surface area contributed by atoms with Gasteiger partial charge in [0, 0.05) is 5.02 Å². The number of hydrogen-bond acceptors (Lipinski definition) is 2. The molecule has 0 heterocycles. The van der Waals surface area contributed by atoms with Crippen LogP contribution in [-0.4, -0.2) is 0 Å². The van der Waals surface area contributed by atoms with Gasteiger partial charge < -0.3 is 4.74 Å². The highest BCUT2D eigenvalue weighted by molar-refractivity contribution is 6.40. The van der Waals surface area contributed by atoms with Crippen LogP contribution in [0.5, 0.6) is 5.75 Å². The highest BCUT2D eigenvalue weighted by Gasteiger charge is 2.09. The summed E-state index contributed by atoms with van der Waals surface area (Å²) < 4.78 is 5.58. The summed E-state index contributed by atoms with van der Waals surface area (Å²) in [7, 11) is 0. The van der Waals surface area contributed by atoms with E-state index in [0.29, 0.717) is 33.0 Å². The molecule has 19 heavy (non-hydrogen) atoms. The molecule has 0 N–H and O–H groups in total. The summed E-state index contributed by atoms with van der Waals surface area (Å²) >= 11 is 17.8. The van der Waals surface area contributed by atoms with Gasteiger partial charge in [0.2, 0.25) is 0 Å². The maximum atomic E-state index is 8.71. The molecule has 0 saturated carbocycles. The lowest BCUT2D eigenvalue weighted by Gasteiger charge is -2.10. The molecular weight excluding hydrogens is 305 g/mol. The van der Waals surface area contributed by atoms with E-state index in [1.165, 1.54) is 0 Å². The number of ether oxygens (including phenoxy) is 1. The lowest BCUT2D eigenvalue weighted by Crippen LogP contribution is -1.96. The molecule has 0 fully saturated rings. The first-order valence-electron chi connectivity index (χ1n) is 5.36. The quantitative estimate of drug-likeness (QED) is 0.790. The molecule has 0 radical (unpaired) electrons. The summed E-state index contributed by atoms with van der Waals surface area (Å²) in [6, 6.07) is 12.3. The van der Waals surface area contributed by atoms with Gasteiger partial charge in [-0.15, -0.1) is 0 Å². The molecule has 0 aliphatic rings. The first-order valence-corrected chi connectivity index (χ1v) is 6.50. The summed E-state index contributed by atoms with van der Waals surface area (Å²) in [6.07, 6.45) is 0. The molecule has 96 valence electrons. The zero-order valence-corrected chi connectivity index (χ0v) is 11.9. The monoisotopic (exact) mass is 311 g/mol. The number of hydrogen-bond donors (Lipinski definition) is 0. The van der Waals surface area contributed by atoms with Gasteiger partial charge in [-0.25, -0.2) is 0 Å². The average Bonchev–Trinajstić information content (AvgIpc) is 2.38. The highest BCUT2D eigenvalue weighted by atomic mass is 35.5. The Labute approximate surface area is 126 Å². The molecule has 0 unspecified atom stereocenters. The summed E-state index contributed by atoms with van der Waals surface area (Å²) in [4.78, 5) is 0. The van der Waals surface area contributed by atoms with Gasteiger partial charge in [0.15, 0.2) is 5.75 Å². The van der Waals surface area contributed by atoms with E-state index in [1.54, 1.807) is 24.3 Å². The zero-order chi connectivity index (χ0) is 13.8. The zero-order valence-electron chi connectivity index (χ0n) is 9.66. The van der Waals surface area contributed by atoms with Gasteiger partial charge in [0.25, 0.3) is 0 Å². The first-order chi connectivity index (χ1) is 9.10.